The summed E-state index contributed by atoms with van der Waals surface area (Å²) in [5, 5.41) is 1.41. The topological polar surface area (TPSA) is 8.81 Å². The third-order valence-electron chi connectivity index (χ3n) is 4.67. The molecule has 0 saturated carbocycles. The number of fused-ring (bicyclic) bond motifs is 1. The largest absolute Gasteiger partial charge is 0.257 e. The van der Waals surface area contributed by atoms with Crippen molar-refractivity contribution >= 4 is 23.2 Å². The normalized spacial score (nSPS) is 13.8. The van der Waals surface area contributed by atoms with Gasteiger partial charge >= 0.3 is 0 Å². The summed E-state index contributed by atoms with van der Waals surface area (Å²) < 4.78 is 4.80. The van der Waals surface area contributed by atoms with Crippen LogP contribution in [0.2, 0.25) is 10.0 Å². The van der Waals surface area contributed by atoms with Crippen molar-refractivity contribution in [3.8, 4) is 11.3 Å². The number of aromatic nitrogens is 2. The third-order valence-corrected chi connectivity index (χ3v) is 5.26. The molecule has 2 heterocycles. The van der Waals surface area contributed by atoms with Crippen LogP contribution in [-0.4, -0.2) is 4.57 Å². The van der Waals surface area contributed by atoms with Gasteiger partial charge in [0.05, 0.1) is 6.54 Å². The maximum atomic E-state index is 6.38. The van der Waals surface area contributed by atoms with Gasteiger partial charge in [-0.05, 0) is 25.0 Å². The van der Waals surface area contributed by atoms with E-state index in [0.717, 1.165) is 30.1 Å². The molecule has 4 rings (SSSR count). The lowest BCUT2D eigenvalue weighted by Gasteiger charge is -2.11. The second-order valence-electron chi connectivity index (χ2n) is 6.27. The Morgan fingerprint density at radius 2 is 1.83 bits per heavy atom. The maximum Gasteiger partial charge on any atom is 0.257 e. The zero-order valence-corrected chi connectivity index (χ0v) is 14.9. The summed E-state index contributed by atoms with van der Waals surface area (Å²) in [5.74, 6) is 1.38. The minimum absolute atomic E-state index is 0.678. The Labute approximate surface area is 152 Å². The van der Waals surface area contributed by atoms with Crippen LogP contribution in [0.4, 0.5) is 0 Å². The number of hydrogen-bond donors (Lipinski definition) is 0. The van der Waals surface area contributed by atoms with Gasteiger partial charge in [-0.3, -0.25) is 0 Å². The Balaban J connectivity index is 1.77. The molecule has 1 aromatic heterocycles. The summed E-state index contributed by atoms with van der Waals surface area (Å²) in [5.41, 5.74) is 3.65. The summed E-state index contributed by atoms with van der Waals surface area (Å²) in [6.45, 7) is 1.86. The van der Waals surface area contributed by atoms with Gasteiger partial charge in [-0.25, -0.2) is 9.13 Å². The lowest BCUT2D eigenvalue weighted by molar-refractivity contribution is -0.695. The van der Waals surface area contributed by atoms with Crippen molar-refractivity contribution in [3.05, 3.63) is 76.2 Å². The van der Waals surface area contributed by atoms with Crippen LogP contribution in [0.1, 0.15) is 24.2 Å². The molecule has 0 amide bonds. The molecule has 0 unspecified atom stereocenters. The van der Waals surface area contributed by atoms with Crippen molar-refractivity contribution in [2.24, 2.45) is 0 Å². The van der Waals surface area contributed by atoms with Gasteiger partial charge in [-0.1, -0.05) is 59.6 Å². The van der Waals surface area contributed by atoms with Gasteiger partial charge < -0.3 is 0 Å². The molecule has 122 valence electrons. The van der Waals surface area contributed by atoms with E-state index in [1.165, 1.54) is 29.9 Å². The number of imidazole rings is 1. The summed E-state index contributed by atoms with van der Waals surface area (Å²) in [6.07, 6.45) is 5.86. The quantitative estimate of drug-likeness (QED) is 0.574. The third kappa shape index (κ3) is 2.97. The molecular formula is C20H19Cl2N2+. The lowest BCUT2D eigenvalue weighted by atomic mass is 10.1. The van der Waals surface area contributed by atoms with Crippen LogP contribution in [0.15, 0.2) is 54.7 Å². The molecule has 0 fully saturated rings. The smallest absolute Gasteiger partial charge is 0.229 e. The Morgan fingerprint density at radius 1 is 1.00 bits per heavy atom. The van der Waals surface area contributed by atoms with E-state index >= 15 is 0 Å². The van der Waals surface area contributed by atoms with Gasteiger partial charge in [0.1, 0.15) is 12.7 Å². The molecule has 4 heteroatoms. The van der Waals surface area contributed by atoms with Gasteiger partial charge in [0, 0.05) is 27.6 Å². The van der Waals surface area contributed by atoms with Crippen LogP contribution in [0, 0.1) is 0 Å². The highest BCUT2D eigenvalue weighted by atomic mass is 35.5. The summed E-state index contributed by atoms with van der Waals surface area (Å²) in [6, 6.07) is 16.4. The SMILES string of the molecule is Clc1ccc(C[n+]2cc(-c3ccccc3)n3c2CCCC3)c(Cl)c1. The van der Waals surface area contributed by atoms with Crippen molar-refractivity contribution < 1.29 is 4.57 Å². The van der Waals surface area contributed by atoms with Crippen LogP contribution in [0.25, 0.3) is 11.3 Å². The molecule has 24 heavy (non-hydrogen) atoms. The molecule has 2 aromatic carbocycles. The van der Waals surface area contributed by atoms with Gasteiger partial charge in [0.15, 0.2) is 5.69 Å². The summed E-state index contributed by atoms with van der Waals surface area (Å²) >= 11 is 12.4. The first-order valence-corrected chi connectivity index (χ1v) is 9.09. The standard InChI is InChI=1S/C20H19Cl2N2/c21-17-10-9-16(18(22)12-17)13-23-14-19(15-6-2-1-3-7-15)24-11-5-4-8-20(23)24/h1-3,6-7,9-10,12,14H,4-5,8,11,13H2/q+1. The number of rotatable bonds is 3. The molecule has 0 bridgehead atoms. The minimum Gasteiger partial charge on any atom is -0.229 e. The monoisotopic (exact) mass is 357 g/mol. The van der Waals surface area contributed by atoms with Gasteiger partial charge in [-0.15, -0.1) is 0 Å². The first kappa shape index (κ1) is 15.7. The fourth-order valence-electron chi connectivity index (χ4n) is 3.48. The highest BCUT2D eigenvalue weighted by molar-refractivity contribution is 6.35. The first-order valence-electron chi connectivity index (χ1n) is 8.33. The maximum absolute atomic E-state index is 6.38. The average molecular weight is 358 g/mol. The predicted molar refractivity (Wildman–Crippen MR) is 98.6 cm³/mol. The van der Waals surface area contributed by atoms with E-state index in [2.05, 4.69) is 45.7 Å². The van der Waals surface area contributed by atoms with Crippen molar-refractivity contribution in [1.82, 2.24) is 4.57 Å². The molecule has 0 saturated heterocycles. The summed E-state index contributed by atoms with van der Waals surface area (Å²) in [4.78, 5) is 0. The Kier molecular flexibility index (Phi) is 4.34. The molecule has 0 aliphatic carbocycles. The van der Waals surface area contributed by atoms with E-state index in [4.69, 9.17) is 23.2 Å². The molecular weight excluding hydrogens is 339 g/mol. The van der Waals surface area contributed by atoms with Crippen LogP contribution in [0.5, 0.6) is 0 Å². The van der Waals surface area contributed by atoms with Crippen LogP contribution < -0.4 is 4.57 Å². The zero-order valence-electron chi connectivity index (χ0n) is 13.4. The second-order valence-corrected chi connectivity index (χ2v) is 7.11. The van der Waals surface area contributed by atoms with Gasteiger partial charge in [0.2, 0.25) is 0 Å². The number of hydrogen-bond acceptors (Lipinski definition) is 0. The molecule has 0 spiro atoms. The Morgan fingerprint density at radius 3 is 2.62 bits per heavy atom. The molecule has 0 atom stereocenters. The number of nitrogens with zero attached hydrogens (tertiary/aromatic N) is 2. The minimum atomic E-state index is 0.678. The molecule has 1 aliphatic rings. The number of benzene rings is 2. The number of halogens is 2. The predicted octanol–water partition coefficient (Wildman–Crippen LogP) is 5.13. The zero-order chi connectivity index (χ0) is 16.5. The first-order chi connectivity index (χ1) is 11.7. The van der Waals surface area contributed by atoms with Crippen molar-refractivity contribution in [3.63, 3.8) is 0 Å². The van der Waals surface area contributed by atoms with Crippen molar-refractivity contribution in [1.29, 1.82) is 0 Å². The highest BCUT2D eigenvalue weighted by Gasteiger charge is 2.27. The molecule has 1 aliphatic heterocycles. The molecule has 0 N–H and O–H groups in total. The van der Waals surface area contributed by atoms with E-state index < -0.39 is 0 Å². The summed E-state index contributed by atoms with van der Waals surface area (Å²) in [7, 11) is 0. The van der Waals surface area contributed by atoms with Crippen LogP contribution >= 0.6 is 23.2 Å². The molecule has 0 radical (unpaired) electrons. The van der Waals surface area contributed by atoms with E-state index in [1.54, 1.807) is 0 Å². The van der Waals surface area contributed by atoms with Crippen molar-refractivity contribution in [2.75, 3.05) is 0 Å². The Hall–Kier alpha value is -1.77. The average Bonchev–Trinajstić information content (AvgIpc) is 2.97. The van der Waals surface area contributed by atoms with E-state index in [1.807, 2.05) is 18.2 Å². The lowest BCUT2D eigenvalue weighted by Crippen LogP contribution is -2.38. The fraction of sp³-hybridized carbons (Fsp3) is 0.250. The fourth-order valence-corrected chi connectivity index (χ4v) is 3.94. The molecule has 2 nitrogen and oxygen atoms in total. The van der Waals surface area contributed by atoms with E-state index in [9.17, 15) is 0 Å². The van der Waals surface area contributed by atoms with Crippen molar-refractivity contribution in [2.45, 2.75) is 32.4 Å². The van der Waals surface area contributed by atoms with Gasteiger partial charge in [0.25, 0.3) is 5.82 Å². The van der Waals surface area contributed by atoms with Crippen LogP contribution in [0.3, 0.4) is 0 Å². The van der Waals surface area contributed by atoms with E-state index in [0.29, 0.717) is 5.02 Å². The Bertz CT molecular complexity index is 869. The van der Waals surface area contributed by atoms with Crippen LogP contribution in [-0.2, 0) is 19.5 Å². The van der Waals surface area contributed by atoms with Gasteiger partial charge in [-0.2, -0.15) is 0 Å². The molecule has 3 aromatic rings. The highest BCUT2D eigenvalue weighted by Crippen LogP contribution is 2.26. The second kappa shape index (κ2) is 6.62. The van der Waals surface area contributed by atoms with E-state index in [-0.39, 0.29) is 0 Å².